The van der Waals surface area contributed by atoms with Crippen LogP contribution in [0, 0.1) is 6.92 Å². The van der Waals surface area contributed by atoms with Gasteiger partial charge in [0.1, 0.15) is 5.75 Å². The fourth-order valence-electron chi connectivity index (χ4n) is 3.16. The molecule has 0 saturated carbocycles. The molecule has 0 saturated heterocycles. The number of benzene rings is 1. The molecule has 0 spiro atoms. The van der Waals surface area contributed by atoms with E-state index in [1.165, 1.54) is 75.5 Å². The second-order valence-electron chi connectivity index (χ2n) is 7.09. The summed E-state index contributed by atoms with van der Waals surface area (Å²) in [6, 6.07) is 4.33. The highest BCUT2D eigenvalue weighted by Crippen LogP contribution is 2.28. The van der Waals surface area contributed by atoms with E-state index in [1.807, 2.05) is 18.7 Å². The van der Waals surface area contributed by atoms with Crippen LogP contribution in [0.3, 0.4) is 0 Å². The molecule has 0 amide bonds. The van der Waals surface area contributed by atoms with Crippen molar-refractivity contribution in [2.24, 2.45) is 0 Å². The van der Waals surface area contributed by atoms with Gasteiger partial charge >= 0.3 is 0 Å². The van der Waals surface area contributed by atoms with Gasteiger partial charge in [0, 0.05) is 17.1 Å². The lowest BCUT2D eigenvalue weighted by Crippen LogP contribution is -1.91. The standard InChI is InChI=1S/C22H38OS2/c1-4-5-6-7-8-9-10-11-12-13-14-25-17-20-15-19(2)22(23)21(16-20)18-24-3/h15-16,23H,4-14,17-18H2,1-3H3. The first-order valence-electron chi connectivity index (χ1n) is 10.1. The number of phenolic OH excluding ortho intramolecular Hbond substituents is 1. The van der Waals surface area contributed by atoms with E-state index in [4.69, 9.17) is 0 Å². The third-order valence-electron chi connectivity index (χ3n) is 4.65. The first-order chi connectivity index (χ1) is 12.2. The maximum Gasteiger partial charge on any atom is 0.122 e. The molecule has 25 heavy (non-hydrogen) atoms. The molecule has 1 aromatic rings. The molecule has 1 aromatic carbocycles. The van der Waals surface area contributed by atoms with Crippen LogP contribution in [-0.4, -0.2) is 17.1 Å². The lowest BCUT2D eigenvalue weighted by Gasteiger charge is -2.10. The third-order valence-corrected chi connectivity index (χ3v) is 6.36. The Morgan fingerprint density at radius 3 is 2.04 bits per heavy atom. The molecule has 0 heterocycles. The van der Waals surface area contributed by atoms with Crippen LogP contribution in [-0.2, 0) is 11.5 Å². The lowest BCUT2D eigenvalue weighted by atomic mass is 10.1. The Morgan fingerprint density at radius 2 is 1.44 bits per heavy atom. The van der Waals surface area contributed by atoms with Crippen molar-refractivity contribution in [3.05, 3.63) is 28.8 Å². The van der Waals surface area contributed by atoms with E-state index in [-0.39, 0.29) is 0 Å². The summed E-state index contributed by atoms with van der Waals surface area (Å²) < 4.78 is 0. The zero-order chi connectivity index (χ0) is 18.3. The van der Waals surface area contributed by atoms with Gasteiger partial charge in [-0.2, -0.15) is 23.5 Å². The van der Waals surface area contributed by atoms with Crippen LogP contribution in [0.15, 0.2) is 12.1 Å². The summed E-state index contributed by atoms with van der Waals surface area (Å²) in [5, 5.41) is 10.1. The van der Waals surface area contributed by atoms with Crippen LogP contribution in [0.2, 0.25) is 0 Å². The molecular formula is C22H38OS2. The van der Waals surface area contributed by atoms with E-state index in [1.54, 1.807) is 11.8 Å². The quantitative estimate of drug-likeness (QED) is 0.313. The Balaban J connectivity index is 2.06. The topological polar surface area (TPSA) is 20.2 Å². The van der Waals surface area contributed by atoms with Gasteiger partial charge in [-0.05, 0) is 36.5 Å². The number of rotatable bonds is 15. The fourth-order valence-corrected chi connectivity index (χ4v) is 4.65. The largest absolute Gasteiger partial charge is 0.507 e. The zero-order valence-corrected chi connectivity index (χ0v) is 18.2. The summed E-state index contributed by atoms with van der Waals surface area (Å²) in [5.74, 6) is 3.70. The number of aryl methyl sites for hydroxylation is 1. The van der Waals surface area contributed by atoms with E-state index in [0.29, 0.717) is 5.75 Å². The number of hydrogen-bond donors (Lipinski definition) is 1. The zero-order valence-electron chi connectivity index (χ0n) is 16.6. The predicted octanol–water partition coefficient (Wildman–Crippen LogP) is 7.72. The first kappa shape index (κ1) is 22.8. The van der Waals surface area contributed by atoms with Crippen LogP contribution in [0.4, 0.5) is 0 Å². The monoisotopic (exact) mass is 382 g/mol. The maximum atomic E-state index is 10.1. The number of hydrogen-bond acceptors (Lipinski definition) is 3. The molecule has 0 fully saturated rings. The summed E-state index contributed by atoms with van der Waals surface area (Å²) in [6.07, 6.45) is 16.1. The lowest BCUT2D eigenvalue weighted by molar-refractivity contribution is 0.466. The van der Waals surface area contributed by atoms with Crippen LogP contribution in [0.25, 0.3) is 0 Å². The minimum absolute atomic E-state index is 0.484. The average Bonchev–Trinajstić information content (AvgIpc) is 2.60. The van der Waals surface area contributed by atoms with Gasteiger partial charge in [0.05, 0.1) is 0 Å². The van der Waals surface area contributed by atoms with Gasteiger partial charge in [0.2, 0.25) is 0 Å². The van der Waals surface area contributed by atoms with E-state index in [9.17, 15) is 5.11 Å². The fraction of sp³-hybridized carbons (Fsp3) is 0.727. The van der Waals surface area contributed by atoms with E-state index in [0.717, 1.165) is 22.6 Å². The van der Waals surface area contributed by atoms with E-state index < -0.39 is 0 Å². The number of aromatic hydroxyl groups is 1. The molecule has 1 nitrogen and oxygen atoms in total. The van der Waals surface area contributed by atoms with Crippen LogP contribution in [0.5, 0.6) is 5.75 Å². The molecule has 144 valence electrons. The van der Waals surface area contributed by atoms with Gasteiger partial charge in [-0.25, -0.2) is 0 Å². The summed E-state index contributed by atoms with van der Waals surface area (Å²) in [7, 11) is 0. The van der Waals surface area contributed by atoms with Gasteiger partial charge in [0.25, 0.3) is 0 Å². The van der Waals surface area contributed by atoms with Crippen molar-refractivity contribution in [2.75, 3.05) is 12.0 Å². The summed E-state index contributed by atoms with van der Waals surface area (Å²) in [5.41, 5.74) is 3.46. The van der Waals surface area contributed by atoms with Crippen LogP contribution < -0.4 is 0 Å². The molecule has 0 unspecified atom stereocenters. The predicted molar refractivity (Wildman–Crippen MR) is 118 cm³/mol. The van der Waals surface area contributed by atoms with Crippen molar-refractivity contribution in [1.82, 2.24) is 0 Å². The molecule has 0 radical (unpaired) electrons. The van der Waals surface area contributed by atoms with E-state index >= 15 is 0 Å². The Kier molecular flexibility index (Phi) is 13.5. The maximum absolute atomic E-state index is 10.1. The molecule has 0 atom stereocenters. The Bertz CT molecular complexity index is 460. The average molecular weight is 383 g/mol. The third kappa shape index (κ3) is 10.5. The Labute approximate surface area is 164 Å². The molecule has 0 aliphatic rings. The highest BCUT2D eigenvalue weighted by Gasteiger charge is 2.07. The molecule has 1 N–H and O–H groups in total. The second-order valence-corrected chi connectivity index (χ2v) is 9.06. The summed E-state index contributed by atoms with van der Waals surface area (Å²) >= 11 is 3.80. The molecular weight excluding hydrogens is 344 g/mol. The Morgan fingerprint density at radius 1 is 0.840 bits per heavy atom. The smallest absolute Gasteiger partial charge is 0.122 e. The number of phenols is 1. The van der Waals surface area contributed by atoms with Crippen molar-refractivity contribution in [3.8, 4) is 5.75 Å². The molecule has 0 aromatic heterocycles. The first-order valence-corrected chi connectivity index (χ1v) is 12.6. The highest BCUT2D eigenvalue weighted by molar-refractivity contribution is 7.98. The molecule has 0 bridgehead atoms. The van der Waals surface area contributed by atoms with Gasteiger partial charge in [-0.3, -0.25) is 0 Å². The van der Waals surface area contributed by atoms with Crippen LogP contribution in [0.1, 0.15) is 87.8 Å². The van der Waals surface area contributed by atoms with Gasteiger partial charge in [-0.15, -0.1) is 0 Å². The minimum Gasteiger partial charge on any atom is -0.507 e. The summed E-state index contributed by atoms with van der Waals surface area (Å²) in [6.45, 7) is 4.29. The van der Waals surface area contributed by atoms with Crippen molar-refractivity contribution in [2.45, 2.75) is 89.6 Å². The van der Waals surface area contributed by atoms with Gasteiger partial charge < -0.3 is 5.11 Å². The minimum atomic E-state index is 0.484. The van der Waals surface area contributed by atoms with E-state index in [2.05, 4.69) is 25.3 Å². The normalized spacial score (nSPS) is 11.2. The number of unbranched alkanes of at least 4 members (excludes halogenated alkanes) is 9. The van der Waals surface area contributed by atoms with Gasteiger partial charge in [-0.1, -0.05) is 76.8 Å². The molecule has 1 rings (SSSR count). The SMILES string of the molecule is CCCCCCCCCCCCSCc1cc(C)c(O)c(CSC)c1. The highest BCUT2D eigenvalue weighted by atomic mass is 32.2. The van der Waals surface area contributed by atoms with Crippen molar-refractivity contribution in [1.29, 1.82) is 0 Å². The van der Waals surface area contributed by atoms with Crippen molar-refractivity contribution < 1.29 is 5.11 Å². The van der Waals surface area contributed by atoms with Crippen LogP contribution >= 0.6 is 23.5 Å². The number of thioether (sulfide) groups is 2. The molecule has 3 heteroatoms. The van der Waals surface area contributed by atoms with Crippen molar-refractivity contribution >= 4 is 23.5 Å². The van der Waals surface area contributed by atoms with Gasteiger partial charge in [0.15, 0.2) is 0 Å². The second kappa shape index (κ2) is 14.8. The Hall–Kier alpha value is -0.280. The molecule has 0 aliphatic carbocycles. The molecule has 0 aliphatic heterocycles. The van der Waals surface area contributed by atoms with Crippen molar-refractivity contribution in [3.63, 3.8) is 0 Å². The summed E-state index contributed by atoms with van der Waals surface area (Å²) in [4.78, 5) is 0.